The van der Waals surface area contributed by atoms with Crippen LogP contribution < -0.4 is 15.4 Å². The molecule has 27 heavy (non-hydrogen) atoms. The number of nitrogens with one attached hydrogen (secondary N) is 2. The number of hydrogen-bond donors (Lipinski definition) is 2. The van der Waals surface area contributed by atoms with Crippen LogP contribution in [-0.2, 0) is 11.3 Å². The quantitative estimate of drug-likeness (QED) is 0.446. The number of guanidine groups is 1. The van der Waals surface area contributed by atoms with Gasteiger partial charge in [-0.3, -0.25) is 4.99 Å². The molecule has 2 rings (SSSR count). The normalized spacial score (nSPS) is 12.2. The molecular weight excluding hydrogens is 342 g/mol. The smallest absolute Gasteiger partial charge is 0.337 e. The molecule has 0 aromatic heterocycles. The van der Waals surface area contributed by atoms with Gasteiger partial charge in [0.05, 0.1) is 19.2 Å². The first-order chi connectivity index (χ1) is 13.0. The van der Waals surface area contributed by atoms with Gasteiger partial charge in [0, 0.05) is 13.6 Å². The molecule has 0 heterocycles. The third-order valence-electron chi connectivity index (χ3n) is 4.04. The maximum absolute atomic E-state index is 11.5. The van der Waals surface area contributed by atoms with Gasteiger partial charge < -0.3 is 20.1 Å². The van der Waals surface area contributed by atoms with E-state index in [-0.39, 0.29) is 12.1 Å². The van der Waals surface area contributed by atoms with E-state index in [0.717, 1.165) is 16.9 Å². The van der Waals surface area contributed by atoms with E-state index in [1.165, 1.54) is 7.11 Å². The van der Waals surface area contributed by atoms with E-state index < -0.39 is 0 Å². The Morgan fingerprint density at radius 3 is 2.44 bits per heavy atom. The minimum atomic E-state index is -0.338. The molecule has 2 aromatic rings. The molecule has 1 atom stereocenters. The molecule has 1 unspecified atom stereocenters. The fraction of sp³-hybridized carbons (Fsp3) is 0.333. The summed E-state index contributed by atoms with van der Waals surface area (Å²) >= 11 is 0. The zero-order valence-electron chi connectivity index (χ0n) is 16.3. The third-order valence-corrected chi connectivity index (χ3v) is 4.04. The molecule has 2 aromatic carbocycles. The highest BCUT2D eigenvalue weighted by atomic mass is 16.5. The molecule has 0 aliphatic carbocycles. The number of benzene rings is 2. The zero-order chi connectivity index (χ0) is 19.6. The Morgan fingerprint density at radius 2 is 1.81 bits per heavy atom. The summed E-state index contributed by atoms with van der Waals surface area (Å²) in [6, 6.07) is 15.2. The van der Waals surface area contributed by atoms with Gasteiger partial charge in [0.15, 0.2) is 5.96 Å². The van der Waals surface area contributed by atoms with E-state index >= 15 is 0 Å². The van der Waals surface area contributed by atoms with Gasteiger partial charge in [-0.2, -0.15) is 0 Å². The van der Waals surface area contributed by atoms with Crippen molar-refractivity contribution in [2.75, 3.05) is 20.7 Å². The lowest BCUT2D eigenvalue weighted by atomic mass is 10.1. The molecule has 0 aliphatic rings. The zero-order valence-corrected chi connectivity index (χ0v) is 16.3. The van der Waals surface area contributed by atoms with E-state index in [9.17, 15) is 4.79 Å². The Balaban J connectivity index is 1.80. The first kappa shape index (κ1) is 20.3. The molecule has 6 heteroatoms. The van der Waals surface area contributed by atoms with Crippen molar-refractivity contribution in [1.82, 2.24) is 10.6 Å². The lowest BCUT2D eigenvalue weighted by molar-refractivity contribution is 0.0600. The maximum Gasteiger partial charge on any atom is 0.337 e. The molecule has 0 aliphatic heterocycles. The summed E-state index contributed by atoms with van der Waals surface area (Å²) in [5.74, 6) is 1.24. The number of nitrogens with zero attached hydrogens (tertiary/aromatic N) is 1. The van der Waals surface area contributed by atoms with Gasteiger partial charge in [0.25, 0.3) is 0 Å². The van der Waals surface area contributed by atoms with Crippen molar-refractivity contribution in [3.05, 3.63) is 65.2 Å². The number of hydrogen-bond acceptors (Lipinski definition) is 4. The van der Waals surface area contributed by atoms with Crippen molar-refractivity contribution in [3.8, 4) is 5.75 Å². The number of aliphatic imine (C=N–C) groups is 1. The first-order valence-electron chi connectivity index (χ1n) is 8.87. The number of carbonyl (C=O) groups is 1. The second kappa shape index (κ2) is 10.2. The van der Waals surface area contributed by atoms with Crippen LogP contribution in [-0.4, -0.2) is 38.7 Å². The number of ether oxygens (including phenoxy) is 2. The van der Waals surface area contributed by atoms with Gasteiger partial charge >= 0.3 is 5.97 Å². The van der Waals surface area contributed by atoms with Gasteiger partial charge in [-0.05, 0) is 43.2 Å². The van der Waals surface area contributed by atoms with Gasteiger partial charge in [0.2, 0.25) is 0 Å². The van der Waals surface area contributed by atoms with E-state index in [0.29, 0.717) is 24.6 Å². The molecular formula is C21H27N3O3. The Kier molecular flexibility index (Phi) is 7.67. The van der Waals surface area contributed by atoms with E-state index in [1.807, 2.05) is 50.2 Å². The van der Waals surface area contributed by atoms with Crippen molar-refractivity contribution in [2.45, 2.75) is 26.5 Å². The van der Waals surface area contributed by atoms with Crippen LogP contribution in [0, 0.1) is 6.92 Å². The summed E-state index contributed by atoms with van der Waals surface area (Å²) in [7, 11) is 3.10. The highest BCUT2D eigenvalue weighted by Crippen LogP contribution is 2.17. The van der Waals surface area contributed by atoms with Crippen LogP contribution in [0.1, 0.15) is 28.4 Å². The molecule has 0 amide bonds. The van der Waals surface area contributed by atoms with E-state index in [2.05, 4.69) is 15.6 Å². The maximum atomic E-state index is 11.5. The van der Waals surface area contributed by atoms with Crippen LogP contribution in [0.4, 0.5) is 0 Å². The van der Waals surface area contributed by atoms with Crippen molar-refractivity contribution >= 4 is 11.9 Å². The standard InChI is InChI=1S/C21H27N3O3/c1-15-7-5-6-8-19(15)27-16(2)13-23-21(22-3)24-14-17-9-11-18(12-10-17)20(25)26-4/h5-12,16H,13-14H2,1-4H3,(H2,22,23,24). The molecule has 6 nitrogen and oxygen atoms in total. The number of aryl methyl sites for hydroxylation is 1. The van der Waals surface area contributed by atoms with Crippen molar-refractivity contribution in [3.63, 3.8) is 0 Å². The molecule has 0 saturated heterocycles. The highest BCUT2D eigenvalue weighted by molar-refractivity contribution is 5.89. The lowest BCUT2D eigenvalue weighted by Crippen LogP contribution is -2.41. The molecule has 0 bridgehead atoms. The van der Waals surface area contributed by atoms with Gasteiger partial charge in [-0.1, -0.05) is 30.3 Å². The molecule has 144 valence electrons. The van der Waals surface area contributed by atoms with Crippen LogP contribution in [0.2, 0.25) is 0 Å². The fourth-order valence-corrected chi connectivity index (χ4v) is 2.47. The number of esters is 1. The number of rotatable bonds is 7. The summed E-state index contributed by atoms with van der Waals surface area (Å²) in [6.45, 7) is 5.25. The minimum Gasteiger partial charge on any atom is -0.489 e. The monoisotopic (exact) mass is 369 g/mol. The fourth-order valence-electron chi connectivity index (χ4n) is 2.47. The van der Waals surface area contributed by atoms with Crippen LogP contribution in [0.25, 0.3) is 0 Å². The topological polar surface area (TPSA) is 72.0 Å². The summed E-state index contributed by atoms with van der Waals surface area (Å²) in [4.78, 5) is 15.7. The number of para-hydroxylation sites is 1. The van der Waals surface area contributed by atoms with Crippen molar-refractivity contribution in [2.24, 2.45) is 4.99 Å². The molecule has 0 fully saturated rings. The average molecular weight is 369 g/mol. The summed E-state index contributed by atoms with van der Waals surface area (Å²) in [5, 5.41) is 6.50. The average Bonchev–Trinajstić information content (AvgIpc) is 2.69. The van der Waals surface area contributed by atoms with Gasteiger partial charge in [-0.15, -0.1) is 0 Å². The summed E-state index contributed by atoms with van der Waals surface area (Å²) in [6.07, 6.45) is -0.0102. The predicted molar refractivity (Wildman–Crippen MR) is 107 cm³/mol. The molecule has 0 saturated carbocycles. The second-order valence-corrected chi connectivity index (χ2v) is 6.19. The van der Waals surface area contributed by atoms with Gasteiger partial charge in [-0.25, -0.2) is 4.79 Å². The van der Waals surface area contributed by atoms with Crippen LogP contribution in [0.5, 0.6) is 5.75 Å². The largest absolute Gasteiger partial charge is 0.489 e. The van der Waals surface area contributed by atoms with Crippen molar-refractivity contribution < 1.29 is 14.3 Å². The SMILES string of the molecule is CN=C(NCc1ccc(C(=O)OC)cc1)NCC(C)Oc1ccccc1C. The first-order valence-corrected chi connectivity index (χ1v) is 8.87. The Hall–Kier alpha value is -3.02. The Bertz CT molecular complexity index is 772. The van der Waals surface area contributed by atoms with Gasteiger partial charge in [0.1, 0.15) is 11.9 Å². The molecule has 0 spiro atoms. The molecule has 0 radical (unpaired) electrons. The van der Waals surface area contributed by atoms with E-state index in [1.54, 1.807) is 19.2 Å². The summed E-state index contributed by atoms with van der Waals surface area (Å²) < 4.78 is 10.7. The molecule has 2 N–H and O–H groups in total. The minimum absolute atomic E-state index is 0.0102. The Morgan fingerprint density at radius 1 is 1.11 bits per heavy atom. The lowest BCUT2D eigenvalue weighted by Gasteiger charge is -2.19. The highest BCUT2D eigenvalue weighted by Gasteiger charge is 2.08. The summed E-state index contributed by atoms with van der Waals surface area (Å²) in [5.41, 5.74) is 2.68. The van der Waals surface area contributed by atoms with Crippen LogP contribution in [0.15, 0.2) is 53.5 Å². The van der Waals surface area contributed by atoms with Crippen molar-refractivity contribution in [1.29, 1.82) is 0 Å². The Labute approximate surface area is 160 Å². The number of methoxy groups -OCH3 is 1. The third kappa shape index (κ3) is 6.33. The van der Waals surface area contributed by atoms with E-state index in [4.69, 9.17) is 9.47 Å². The van der Waals surface area contributed by atoms with Crippen LogP contribution >= 0.6 is 0 Å². The predicted octanol–water partition coefficient (Wildman–Crippen LogP) is 2.91. The van der Waals surface area contributed by atoms with Crippen LogP contribution in [0.3, 0.4) is 0 Å². The second-order valence-electron chi connectivity index (χ2n) is 6.19. The number of carbonyl (C=O) groups excluding carboxylic acids is 1.